The van der Waals surface area contributed by atoms with E-state index in [0.29, 0.717) is 6.04 Å². The van der Waals surface area contributed by atoms with Crippen LogP contribution in [-0.2, 0) is 11.3 Å². The molecule has 4 heteroatoms. The average Bonchev–Trinajstić information content (AvgIpc) is 2.39. The van der Waals surface area contributed by atoms with E-state index in [1.165, 1.54) is 18.4 Å². The first kappa shape index (κ1) is 13.0. The third-order valence-electron chi connectivity index (χ3n) is 3.58. The number of hydrogen-bond donors (Lipinski definition) is 1. The molecule has 0 aliphatic carbocycles. The van der Waals surface area contributed by atoms with Gasteiger partial charge in [-0.05, 0) is 43.5 Å². The van der Waals surface area contributed by atoms with E-state index >= 15 is 0 Å². The first-order valence-corrected chi connectivity index (χ1v) is 6.60. The van der Waals surface area contributed by atoms with Crippen molar-refractivity contribution >= 4 is 5.97 Å². The van der Waals surface area contributed by atoms with Gasteiger partial charge >= 0.3 is 5.97 Å². The van der Waals surface area contributed by atoms with Gasteiger partial charge in [0.15, 0.2) is 0 Å². The quantitative estimate of drug-likeness (QED) is 0.868. The van der Waals surface area contributed by atoms with Crippen LogP contribution in [0.3, 0.4) is 0 Å². The first-order valence-electron chi connectivity index (χ1n) is 6.60. The largest absolute Gasteiger partial charge is 0.481 e. The number of carboxylic acid groups (broad SMARTS) is 1. The van der Waals surface area contributed by atoms with Crippen LogP contribution < -0.4 is 0 Å². The molecule has 0 spiro atoms. The summed E-state index contributed by atoms with van der Waals surface area (Å²) in [4.78, 5) is 17.1. The maximum Gasteiger partial charge on any atom is 0.303 e. The minimum absolute atomic E-state index is 0.275. The van der Waals surface area contributed by atoms with Crippen molar-refractivity contribution in [3.8, 4) is 0 Å². The number of rotatable bonds is 5. The Morgan fingerprint density at radius 3 is 2.89 bits per heavy atom. The Bertz CT molecular complexity index is 381. The van der Waals surface area contributed by atoms with E-state index in [0.717, 1.165) is 25.9 Å². The zero-order chi connectivity index (χ0) is 12.8. The van der Waals surface area contributed by atoms with Gasteiger partial charge in [-0.15, -0.1) is 0 Å². The molecule has 1 aliphatic rings. The standard InChI is InChI=1S/C14H20N2O2/c17-14(18)5-4-13-3-1-2-10-16(13)11-12-6-8-15-9-7-12/h6-9,13H,1-5,10-11H2,(H,17,18). The topological polar surface area (TPSA) is 53.4 Å². The van der Waals surface area contributed by atoms with Gasteiger partial charge < -0.3 is 5.11 Å². The molecule has 18 heavy (non-hydrogen) atoms. The lowest BCUT2D eigenvalue weighted by atomic mass is 9.97. The van der Waals surface area contributed by atoms with Crippen LogP contribution in [0.25, 0.3) is 0 Å². The normalized spacial score (nSPS) is 20.8. The van der Waals surface area contributed by atoms with E-state index in [9.17, 15) is 4.79 Å². The van der Waals surface area contributed by atoms with Crippen LogP contribution in [0.5, 0.6) is 0 Å². The van der Waals surface area contributed by atoms with Gasteiger partial charge in [0, 0.05) is 31.4 Å². The number of nitrogens with zero attached hydrogens (tertiary/aromatic N) is 2. The average molecular weight is 248 g/mol. The highest BCUT2D eigenvalue weighted by molar-refractivity contribution is 5.66. The third kappa shape index (κ3) is 3.81. The molecular formula is C14H20N2O2. The Labute approximate surface area is 108 Å². The number of hydrogen-bond acceptors (Lipinski definition) is 3. The molecule has 1 aromatic rings. The molecule has 2 heterocycles. The van der Waals surface area contributed by atoms with Crippen LogP contribution in [0, 0.1) is 0 Å². The Morgan fingerprint density at radius 1 is 1.39 bits per heavy atom. The molecule has 4 nitrogen and oxygen atoms in total. The van der Waals surface area contributed by atoms with Crippen LogP contribution in [0.4, 0.5) is 0 Å². The Balaban J connectivity index is 1.93. The number of aliphatic carboxylic acids is 1. The Kier molecular flexibility index (Phi) is 4.70. The van der Waals surface area contributed by atoms with Gasteiger partial charge in [-0.2, -0.15) is 0 Å². The Hall–Kier alpha value is -1.42. The van der Waals surface area contributed by atoms with Crippen LogP contribution in [0.15, 0.2) is 24.5 Å². The van der Waals surface area contributed by atoms with Crippen LogP contribution in [0.2, 0.25) is 0 Å². The van der Waals surface area contributed by atoms with Crippen molar-refractivity contribution in [2.75, 3.05) is 6.54 Å². The second-order valence-electron chi connectivity index (χ2n) is 4.91. The van der Waals surface area contributed by atoms with Gasteiger partial charge in [-0.1, -0.05) is 6.42 Å². The number of carboxylic acids is 1. The van der Waals surface area contributed by atoms with E-state index in [1.807, 2.05) is 24.5 Å². The molecule has 1 saturated heterocycles. The highest BCUT2D eigenvalue weighted by atomic mass is 16.4. The maximum absolute atomic E-state index is 10.7. The van der Waals surface area contributed by atoms with Crippen molar-refractivity contribution in [3.05, 3.63) is 30.1 Å². The smallest absolute Gasteiger partial charge is 0.303 e. The Morgan fingerprint density at radius 2 is 2.17 bits per heavy atom. The highest BCUT2D eigenvalue weighted by Crippen LogP contribution is 2.22. The fourth-order valence-corrected chi connectivity index (χ4v) is 2.61. The molecule has 1 aliphatic heterocycles. The van der Waals surface area contributed by atoms with Crippen LogP contribution >= 0.6 is 0 Å². The summed E-state index contributed by atoms with van der Waals surface area (Å²) in [6.45, 7) is 1.99. The van der Waals surface area contributed by atoms with Crippen molar-refractivity contribution in [2.45, 2.75) is 44.7 Å². The molecule has 1 N–H and O–H groups in total. The van der Waals surface area contributed by atoms with E-state index < -0.39 is 5.97 Å². The fourth-order valence-electron chi connectivity index (χ4n) is 2.61. The predicted octanol–water partition coefficient (Wildman–Crippen LogP) is 2.30. The lowest BCUT2D eigenvalue weighted by Crippen LogP contribution is -2.39. The van der Waals surface area contributed by atoms with Gasteiger partial charge in [0.2, 0.25) is 0 Å². The van der Waals surface area contributed by atoms with Gasteiger partial charge in [-0.25, -0.2) is 0 Å². The SMILES string of the molecule is O=C(O)CCC1CCCCN1Cc1ccncc1. The molecule has 0 bridgehead atoms. The highest BCUT2D eigenvalue weighted by Gasteiger charge is 2.22. The summed E-state index contributed by atoms with van der Waals surface area (Å²) >= 11 is 0. The minimum atomic E-state index is -0.690. The monoisotopic (exact) mass is 248 g/mol. The molecule has 0 saturated carbocycles. The van der Waals surface area contributed by atoms with Crippen molar-refractivity contribution in [1.82, 2.24) is 9.88 Å². The summed E-state index contributed by atoms with van der Waals surface area (Å²) in [5.74, 6) is -0.690. The molecule has 0 radical (unpaired) electrons. The molecule has 98 valence electrons. The van der Waals surface area contributed by atoms with Crippen LogP contribution in [0.1, 0.15) is 37.7 Å². The number of aromatic nitrogens is 1. The summed E-state index contributed by atoms with van der Waals surface area (Å²) in [5, 5.41) is 8.79. The molecular weight excluding hydrogens is 228 g/mol. The summed E-state index contributed by atoms with van der Waals surface area (Å²) < 4.78 is 0. The van der Waals surface area contributed by atoms with Crippen molar-refractivity contribution in [1.29, 1.82) is 0 Å². The van der Waals surface area contributed by atoms with E-state index in [-0.39, 0.29) is 6.42 Å². The van der Waals surface area contributed by atoms with E-state index in [4.69, 9.17) is 5.11 Å². The van der Waals surface area contributed by atoms with Crippen LogP contribution in [-0.4, -0.2) is 33.5 Å². The predicted molar refractivity (Wildman–Crippen MR) is 69.2 cm³/mol. The van der Waals surface area contributed by atoms with Gasteiger partial charge in [0.1, 0.15) is 0 Å². The summed E-state index contributed by atoms with van der Waals surface area (Å²) in [5.41, 5.74) is 1.26. The zero-order valence-corrected chi connectivity index (χ0v) is 10.6. The molecule has 0 amide bonds. The van der Waals surface area contributed by atoms with E-state index in [2.05, 4.69) is 9.88 Å². The van der Waals surface area contributed by atoms with Gasteiger partial charge in [-0.3, -0.25) is 14.7 Å². The third-order valence-corrected chi connectivity index (χ3v) is 3.58. The number of carbonyl (C=O) groups is 1. The lowest BCUT2D eigenvalue weighted by molar-refractivity contribution is -0.137. The summed E-state index contributed by atoms with van der Waals surface area (Å²) in [6.07, 6.45) is 8.22. The number of piperidine rings is 1. The van der Waals surface area contributed by atoms with Crippen molar-refractivity contribution in [2.24, 2.45) is 0 Å². The van der Waals surface area contributed by atoms with Crippen molar-refractivity contribution in [3.63, 3.8) is 0 Å². The summed E-state index contributed by atoms with van der Waals surface area (Å²) in [7, 11) is 0. The number of pyridine rings is 1. The minimum Gasteiger partial charge on any atom is -0.481 e. The lowest BCUT2D eigenvalue weighted by Gasteiger charge is -2.35. The van der Waals surface area contributed by atoms with E-state index in [1.54, 1.807) is 0 Å². The molecule has 1 fully saturated rings. The fraction of sp³-hybridized carbons (Fsp3) is 0.571. The van der Waals surface area contributed by atoms with Gasteiger partial charge in [0.05, 0.1) is 0 Å². The summed E-state index contributed by atoms with van der Waals surface area (Å²) in [6, 6.07) is 4.48. The number of likely N-dealkylation sites (tertiary alicyclic amines) is 1. The second kappa shape index (κ2) is 6.50. The second-order valence-corrected chi connectivity index (χ2v) is 4.91. The molecule has 0 aromatic carbocycles. The first-order chi connectivity index (χ1) is 8.75. The zero-order valence-electron chi connectivity index (χ0n) is 10.6. The van der Waals surface area contributed by atoms with Gasteiger partial charge in [0.25, 0.3) is 0 Å². The van der Waals surface area contributed by atoms with Crippen molar-refractivity contribution < 1.29 is 9.90 Å². The maximum atomic E-state index is 10.7. The molecule has 1 aromatic heterocycles. The molecule has 1 unspecified atom stereocenters. The molecule has 2 rings (SSSR count). The molecule has 1 atom stereocenters.